The molecule has 4 rings (SSSR count). The van der Waals surface area contributed by atoms with E-state index in [1.807, 2.05) is 24.3 Å². The van der Waals surface area contributed by atoms with Crippen molar-refractivity contribution in [1.82, 2.24) is 4.98 Å². The summed E-state index contributed by atoms with van der Waals surface area (Å²) in [5.74, 6) is 0.505. The van der Waals surface area contributed by atoms with Crippen LogP contribution in [0, 0.1) is 0 Å². The molecule has 1 aliphatic carbocycles. The zero-order valence-electron chi connectivity index (χ0n) is 15.0. The zero-order chi connectivity index (χ0) is 19.3. The molecule has 3 aromatic rings. The highest BCUT2D eigenvalue weighted by atomic mass is 79.9. The van der Waals surface area contributed by atoms with Gasteiger partial charge in [0.1, 0.15) is 11.9 Å². The summed E-state index contributed by atoms with van der Waals surface area (Å²) in [6.07, 6.45) is -0.688. The Morgan fingerprint density at radius 3 is 2.59 bits per heavy atom. The summed E-state index contributed by atoms with van der Waals surface area (Å²) < 4.78 is 6.59. The molecule has 5 nitrogen and oxygen atoms in total. The van der Waals surface area contributed by atoms with Crippen LogP contribution in [0.4, 0.5) is 0 Å². The van der Waals surface area contributed by atoms with Crippen LogP contribution in [0.15, 0.2) is 40.9 Å². The average molecular weight is 430 g/mol. The van der Waals surface area contributed by atoms with E-state index in [0.717, 1.165) is 26.6 Å². The Balaban J connectivity index is 1.87. The van der Waals surface area contributed by atoms with E-state index in [9.17, 15) is 15.0 Å². The summed E-state index contributed by atoms with van der Waals surface area (Å²) in [7, 11) is 0. The van der Waals surface area contributed by atoms with Gasteiger partial charge in [0.05, 0.1) is 18.8 Å². The van der Waals surface area contributed by atoms with E-state index < -0.39 is 11.5 Å². The van der Waals surface area contributed by atoms with Gasteiger partial charge in [-0.25, -0.2) is 0 Å². The smallest absolute Gasteiger partial charge is 0.195 e. The lowest BCUT2D eigenvalue weighted by Crippen LogP contribution is -2.31. The fourth-order valence-electron chi connectivity index (χ4n) is 3.78. The number of aromatic amines is 1. The van der Waals surface area contributed by atoms with Crippen molar-refractivity contribution < 1.29 is 19.7 Å². The molecule has 0 saturated heterocycles. The van der Waals surface area contributed by atoms with Crippen LogP contribution in [0.25, 0.3) is 10.9 Å². The number of rotatable bonds is 4. The van der Waals surface area contributed by atoms with E-state index in [4.69, 9.17) is 4.74 Å². The number of nitrogens with one attached hydrogen (secondary N) is 1. The highest BCUT2D eigenvalue weighted by Crippen LogP contribution is 2.44. The van der Waals surface area contributed by atoms with Crippen molar-refractivity contribution in [3.63, 3.8) is 0 Å². The van der Waals surface area contributed by atoms with Gasteiger partial charge in [0.15, 0.2) is 5.78 Å². The van der Waals surface area contributed by atoms with Gasteiger partial charge in [-0.1, -0.05) is 35.8 Å². The van der Waals surface area contributed by atoms with Crippen molar-refractivity contribution in [3.8, 4) is 5.75 Å². The van der Waals surface area contributed by atoms with Gasteiger partial charge < -0.3 is 19.9 Å². The van der Waals surface area contributed by atoms with Crippen LogP contribution in [0.1, 0.15) is 41.0 Å². The van der Waals surface area contributed by atoms with Crippen molar-refractivity contribution in [2.24, 2.45) is 0 Å². The first kappa shape index (κ1) is 18.2. The largest absolute Gasteiger partial charge is 0.486 e. The quantitative estimate of drug-likeness (QED) is 0.592. The molecule has 140 valence electrons. The Kier molecular flexibility index (Phi) is 4.37. The molecule has 2 aromatic carbocycles. The van der Waals surface area contributed by atoms with Crippen LogP contribution in [0.5, 0.6) is 5.75 Å². The predicted molar refractivity (Wildman–Crippen MR) is 107 cm³/mol. The van der Waals surface area contributed by atoms with Gasteiger partial charge in [-0.3, -0.25) is 4.79 Å². The number of ketones is 1. The minimum Gasteiger partial charge on any atom is -0.486 e. The molecule has 0 amide bonds. The Hall–Kier alpha value is -2.15. The normalized spacial score (nSPS) is 15.1. The molecule has 0 atom stereocenters. The molecule has 6 heteroatoms. The Morgan fingerprint density at radius 2 is 1.89 bits per heavy atom. The van der Waals surface area contributed by atoms with Crippen molar-refractivity contribution in [3.05, 3.63) is 63.3 Å². The lowest BCUT2D eigenvalue weighted by molar-refractivity contribution is 0.0628. The van der Waals surface area contributed by atoms with Crippen molar-refractivity contribution >= 4 is 32.6 Å². The second kappa shape index (κ2) is 6.48. The van der Waals surface area contributed by atoms with Crippen LogP contribution in [-0.4, -0.2) is 40.3 Å². The third kappa shape index (κ3) is 2.79. The molecule has 0 aliphatic heterocycles. The highest BCUT2D eigenvalue weighted by Gasteiger charge is 2.39. The topological polar surface area (TPSA) is 82.5 Å². The van der Waals surface area contributed by atoms with Gasteiger partial charge in [0.2, 0.25) is 0 Å². The maximum absolute atomic E-state index is 13.2. The Bertz CT molecular complexity index is 1050. The number of aromatic nitrogens is 1. The van der Waals surface area contributed by atoms with Crippen molar-refractivity contribution in [2.75, 3.05) is 13.2 Å². The molecule has 1 aromatic heterocycles. The predicted octanol–water partition coefficient (Wildman–Crippen LogP) is 3.53. The SMILES string of the molecule is CC1(C)c2cc(OC(CO)CO)ccc2C(=O)c2c1[nH]c1cc(Br)ccc21. The minimum absolute atomic E-state index is 0.0136. The molecular formula is C21H20BrNO4. The molecule has 0 fully saturated rings. The number of hydrogen-bond acceptors (Lipinski definition) is 4. The van der Waals surface area contributed by atoms with Gasteiger partial charge in [-0.15, -0.1) is 0 Å². The maximum Gasteiger partial charge on any atom is 0.195 e. The van der Waals surface area contributed by atoms with Gasteiger partial charge >= 0.3 is 0 Å². The number of carbonyl (C=O) groups excluding carboxylic acids is 1. The lowest BCUT2D eigenvalue weighted by Gasteiger charge is -2.32. The molecule has 0 spiro atoms. The fraction of sp³-hybridized carbons (Fsp3) is 0.286. The Morgan fingerprint density at radius 1 is 1.15 bits per heavy atom. The number of aliphatic hydroxyl groups excluding tert-OH is 2. The average Bonchev–Trinajstić information content (AvgIpc) is 3.04. The van der Waals surface area contributed by atoms with Gasteiger partial charge in [-0.2, -0.15) is 0 Å². The van der Waals surface area contributed by atoms with Crippen LogP contribution < -0.4 is 4.74 Å². The van der Waals surface area contributed by atoms with Crippen LogP contribution in [-0.2, 0) is 5.41 Å². The van der Waals surface area contributed by atoms with E-state index in [1.54, 1.807) is 12.1 Å². The van der Waals surface area contributed by atoms with Crippen molar-refractivity contribution in [2.45, 2.75) is 25.4 Å². The molecule has 0 radical (unpaired) electrons. The number of benzene rings is 2. The fourth-order valence-corrected chi connectivity index (χ4v) is 4.14. The summed E-state index contributed by atoms with van der Waals surface area (Å²) in [6, 6.07) is 11.2. The van der Waals surface area contributed by atoms with Gasteiger partial charge in [0.25, 0.3) is 0 Å². The number of halogens is 1. The number of carbonyl (C=O) groups is 1. The number of aliphatic hydroxyl groups is 2. The van der Waals surface area contributed by atoms with Gasteiger partial charge in [-0.05, 0) is 35.9 Å². The first-order chi connectivity index (χ1) is 12.9. The van der Waals surface area contributed by atoms with E-state index in [-0.39, 0.29) is 19.0 Å². The third-order valence-electron chi connectivity index (χ3n) is 5.23. The van der Waals surface area contributed by atoms with Gasteiger partial charge in [0, 0.05) is 32.0 Å². The molecular weight excluding hydrogens is 410 g/mol. The number of ether oxygens (including phenoxy) is 1. The maximum atomic E-state index is 13.2. The monoisotopic (exact) mass is 429 g/mol. The van der Waals surface area contributed by atoms with Crippen LogP contribution in [0.3, 0.4) is 0 Å². The summed E-state index contributed by atoms with van der Waals surface area (Å²) in [4.78, 5) is 16.7. The second-order valence-electron chi connectivity index (χ2n) is 7.33. The molecule has 27 heavy (non-hydrogen) atoms. The zero-order valence-corrected chi connectivity index (χ0v) is 16.6. The highest BCUT2D eigenvalue weighted by molar-refractivity contribution is 9.10. The summed E-state index contributed by atoms with van der Waals surface area (Å²) in [5, 5.41) is 19.4. The summed E-state index contributed by atoms with van der Waals surface area (Å²) in [5.41, 5.74) is 3.59. The summed E-state index contributed by atoms with van der Waals surface area (Å²) >= 11 is 3.48. The van der Waals surface area contributed by atoms with Crippen molar-refractivity contribution in [1.29, 1.82) is 0 Å². The molecule has 1 aliphatic rings. The molecule has 3 N–H and O–H groups in total. The number of fused-ring (bicyclic) bond motifs is 4. The second-order valence-corrected chi connectivity index (χ2v) is 8.25. The molecule has 0 unspecified atom stereocenters. The van der Waals surface area contributed by atoms with Crippen LogP contribution >= 0.6 is 15.9 Å². The Labute approximate surface area is 165 Å². The van der Waals surface area contributed by atoms with E-state index in [0.29, 0.717) is 16.9 Å². The number of H-pyrrole nitrogens is 1. The third-order valence-corrected chi connectivity index (χ3v) is 5.72. The molecule has 1 heterocycles. The van der Waals surface area contributed by atoms with E-state index in [2.05, 4.69) is 34.8 Å². The first-order valence-electron chi connectivity index (χ1n) is 8.76. The first-order valence-corrected chi connectivity index (χ1v) is 9.55. The van der Waals surface area contributed by atoms with Crippen LogP contribution in [0.2, 0.25) is 0 Å². The minimum atomic E-state index is -0.688. The number of hydrogen-bond donors (Lipinski definition) is 3. The standard InChI is InChI=1S/C21H20BrNO4/c1-21(2)16-8-12(27-13(9-24)10-25)4-6-14(16)19(26)18-15-5-3-11(22)7-17(15)23-20(18)21/h3-8,13,23-25H,9-10H2,1-2H3. The van der Waals surface area contributed by atoms with E-state index in [1.165, 1.54) is 0 Å². The lowest BCUT2D eigenvalue weighted by atomic mass is 9.71. The molecule has 0 bridgehead atoms. The summed E-state index contributed by atoms with van der Waals surface area (Å²) in [6.45, 7) is 3.58. The molecule has 0 saturated carbocycles. The van der Waals surface area contributed by atoms with E-state index >= 15 is 0 Å².